The third-order valence-electron chi connectivity index (χ3n) is 3.67. The van der Waals surface area contributed by atoms with E-state index in [0.29, 0.717) is 13.2 Å². The fraction of sp³-hybridized carbons (Fsp3) is 0.571. The molecule has 0 bridgehead atoms. The van der Waals surface area contributed by atoms with E-state index in [1.807, 2.05) is 6.92 Å². The summed E-state index contributed by atoms with van der Waals surface area (Å²) in [5.74, 6) is 0. The van der Waals surface area contributed by atoms with Gasteiger partial charge in [-0.15, -0.1) is 0 Å². The van der Waals surface area contributed by atoms with Crippen LogP contribution in [0.25, 0.3) is 0 Å². The van der Waals surface area contributed by atoms with Crippen molar-refractivity contribution in [3.05, 3.63) is 35.4 Å². The van der Waals surface area contributed by atoms with Crippen LogP contribution in [0.5, 0.6) is 0 Å². The molecule has 1 aromatic carbocycles. The highest BCUT2D eigenvalue weighted by Crippen LogP contribution is 2.33. The number of hydrogen-bond donors (Lipinski definition) is 1. The lowest BCUT2D eigenvalue weighted by Crippen LogP contribution is -2.48. The molecule has 1 saturated heterocycles. The average Bonchev–Trinajstić information content (AvgIpc) is 2.45. The smallest absolute Gasteiger partial charge is 0.374 e. The van der Waals surface area contributed by atoms with Crippen molar-refractivity contribution >= 4 is 0 Å². The van der Waals surface area contributed by atoms with Gasteiger partial charge in [0, 0.05) is 13.1 Å². The van der Waals surface area contributed by atoms with E-state index in [4.69, 9.17) is 10.5 Å². The summed E-state index contributed by atoms with van der Waals surface area (Å²) in [7, 11) is 0. The van der Waals surface area contributed by atoms with Gasteiger partial charge in [-0.25, -0.2) is 0 Å². The fourth-order valence-corrected chi connectivity index (χ4v) is 2.63. The number of benzene rings is 1. The van der Waals surface area contributed by atoms with E-state index in [-0.39, 0.29) is 12.1 Å². The minimum Gasteiger partial charge on any atom is -0.374 e. The first-order chi connectivity index (χ1) is 9.47. The lowest BCUT2D eigenvalue weighted by Gasteiger charge is -2.40. The molecule has 0 spiro atoms. The quantitative estimate of drug-likeness (QED) is 0.928. The van der Waals surface area contributed by atoms with Gasteiger partial charge in [-0.3, -0.25) is 4.90 Å². The Morgan fingerprint density at radius 3 is 2.45 bits per heavy atom. The molecule has 1 heterocycles. The molecule has 0 radical (unpaired) electrons. The van der Waals surface area contributed by atoms with Crippen LogP contribution in [-0.4, -0.2) is 37.2 Å². The summed E-state index contributed by atoms with van der Waals surface area (Å²) in [6, 6.07) is 5.19. The van der Waals surface area contributed by atoms with Gasteiger partial charge >= 0.3 is 6.18 Å². The molecule has 1 aromatic rings. The molecule has 0 aromatic heterocycles. The molecule has 2 rings (SSSR count). The van der Waals surface area contributed by atoms with Crippen molar-refractivity contribution in [1.82, 2.24) is 4.90 Å². The Morgan fingerprint density at radius 2 is 1.95 bits per heavy atom. The van der Waals surface area contributed by atoms with Crippen molar-refractivity contribution in [3.8, 4) is 0 Å². The Morgan fingerprint density at radius 1 is 1.30 bits per heavy atom. The normalized spacial score (nSPS) is 24.9. The Bertz CT molecular complexity index is 421. The SMILES string of the molecule is CCN1CCOC(CN)C1c1ccc(C(F)(F)F)cc1. The summed E-state index contributed by atoms with van der Waals surface area (Å²) in [4.78, 5) is 2.18. The predicted octanol–water partition coefficient (Wildman–Crippen LogP) is 2.43. The Balaban J connectivity index is 2.27. The molecule has 1 fully saturated rings. The number of alkyl halides is 3. The molecule has 0 amide bonds. The molecule has 6 heteroatoms. The van der Waals surface area contributed by atoms with Crippen LogP contribution in [0, 0.1) is 0 Å². The topological polar surface area (TPSA) is 38.5 Å². The molecular weight excluding hydrogens is 269 g/mol. The van der Waals surface area contributed by atoms with Gasteiger partial charge in [0.05, 0.1) is 24.3 Å². The van der Waals surface area contributed by atoms with E-state index in [2.05, 4.69) is 4.90 Å². The molecule has 2 N–H and O–H groups in total. The molecular formula is C14H19F3N2O. The zero-order valence-electron chi connectivity index (χ0n) is 11.4. The number of halogens is 3. The summed E-state index contributed by atoms with van der Waals surface area (Å²) >= 11 is 0. The predicted molar refractivity (Wildman–Crippen MR) is 70.2 cm³/mol. The van der Waals surface area contributed by atoms with Crippen LogP contribution in [0.1, 0.15) is 24.1 Å². The molecule has 3 nitrogen and oxygen atoms in total. The summed E-state index contributed by atoms with van der Waals surface area (Å²) in [5.41, 5.74) is 5.90. The first-order valence-corrected chi connectivity index (χ1v) is 6.70. The Labute approximate surface area is 116 Å². The molecule has 2 atom stereocenters. The highest BCUT2D eigenvalue weighted by atomic mass is 19.4. The number of rotatable bonds is 3. The minimum atomic E-state index is -4.31. The van der Waals surface area contributed by atoms with E-state index in [0.717, 1.165) is 30.8 Å². The molecule has 20 heavy (non-hydrogen) atoms. The molecule has 1 aliphatic heterocycles. The van der Waals surface area contributed by atoms with Crippen LogP contribution in [-0.2, 0) is 10.9 Å². The third kappa shape index (κ3) is 3.13. The molecule has 2 unspecified atom stereocenters. The fourth-order valence-electron chi connectivity index (χ4n) is 2.63. The van der Waals surface area contributed by atoms with Gasteiger partial charge in [0.25, 0.3) is 0 Å². The van der Waals surface area contributed by atoms with Crippen LogP contribution in [0.2, 0.25) is 0 Å². The van der Waals surface area contributed by atoms with Gasteiger partial charge in [-0.05, 0) is 24.2 Å². The van der Waals surface area contributed by atoms with Gasteiger partial charge in [-0.1, -0.05) is 19.1 Å². The lowest BCUT2D eigenvalue weighted by atomic mass is 9.97. The first kappa shape index (κ1) is 15.3. The third-order valence-corrected chi connectivity index (χ3v) is 3.67. The number of likely N-dealkylation sites (N-methyl/N-ethyl adjacent to an activating group) is 1. The monoisotopic (exact) mass is 288 g/mol. The first-order valence-electron chi connectivity index (χ1n) is 6.70. The van der Waals surface area contributed by atoms with Gasteiger partial charge in [-0.2, -0.15) is 13.2 Å². The van der Waals surface area contributed by atoms with Crippen molar-refractivity contribution in [2.24, 2.45) is 5.73 Å². The maximum Gasteiger partial charge on any atom is 0.416 e. The van der Waals surface area contributed by atoms with Crippen LogP contribution in [0.4, 0.5) is 13.2 Å². The van der Waals surface area contributed by atoms with E-state index < -0.39 is 11.7 Å². The van der Waals surface area contributed by atoms with Gasteiger partial charge in [0.2, 0.25) is 0 Å². The highest BCUT2D eigenvalue weighted by Gasteiger charge is 2.34. The number of ether oxygens (including phenoxy) is 1. The van der Waals surface area contributed by atoms with Crippen molar-refractivity contribution < 1.29 is 17.9 Å². The molecule has 0 saturated carbocycles. The van der Waals surface area contributed by atoms with Gasteiger partial charge in [0.15, 0.2) is 0 Å². The molecule has 1 aliphatic rings. The average molecular weight is 288 g/mol. The maximum atomic E-state index is 12.6. The Hall–Kier alpha value is -1.11. The standard InChI is InChI=1S/C14H19F3N2O/c1-2-19-7-8-20-12(9-18)13(19)10-3-5-11(6-4-10)14(15,16)17/h3-6,12-13H,2,7-9,18H2,1H3. The number of nitrogens with two attached hydrogens (primary N) is 1. The number of nitrogens with zero attached hydrogens (tertiary/aromatic N) is 1. The van der Waals surface area contributed by atoms with Crippen molar-refractivity contribution in [3.63, 3.8) is 0 Å². The van der Waals surface area contributed by atoms with Crippen LogP contribution in [0.15, 0.2) is 24.3 Å². The molecule has 112 valence electrons. The van der Waals surface area contributed by atoms with E-state index in [1.54, 1.807) is 0 Å². The van der Waals surface area contributed by atoms with E-state index in [1.165, 1.54) is 12.1 Å². The van der Waals surface area contributed by atoms with Crippen molar-refractivity contribution in [1.29, 1.82) is 0 Å². The van der Waals surface area contributed by atoms with Crippen molar-refractivity contribution in [2.45, 2.75) is 25.2 Å². The van der Waals surface area contributed by atoms with Gasteiger partial charge < -0.3 is 10.5 Å². The summed E-state index contributed by atoms with van der Waals surface area (Å²) in [5, 5.41) is 0. The highest BCUT2D eigenvalue weighted by molar-refractivity contribution is 5.28. The summed E-state index contributed by atoms with van der Waals surface area (Å²) < 4.78 is 43.4. The zero-order valence-corrected chi connectivity index (χ0v) is 11.4. The van der Waals surface area contributed by atoms with Crippen LogP contribution in [0.3, 0.4) is 0 Å². The number of morpholine rings is 1. The van der Waals surface area contributed by atoms with Crippen LogP contribution >= 0.6 is 0 Å². The Kier molecular flexibility index (Phi) is 4.67. The van der Waals surface area contributed by atoms with E-state index in [9.17, 15) is 13.2 Å². The van der Waals surface area contributed by atoms with Crippen molar-refractivity contribution in [2.75, 3.05) is 26.2 Å². The zero-order chi connectivity index (χ0) is 14.8. The summed E-state index contributed by atoms with van der Waals surface area (Å²) in [6.45, 7) is 4.55. The lowest BCUT2D eigenvalue weighted by molar-refractivity contribution is -0.137. The number of hydrogen-bond acceptors (Lipinski definition) is 3. The maximum absolute atomic E-state index is 12.6. The second-order valence-corrected chi connectivity index (χ2v) is 4.84. The second-order valence-electron chi connectivity index (χ2n) is 4.84. The van der Waals surface area contributed by atoms with E-state index >= 15 is 0 Å². The summed E-state index contributed by atoms with van der Waals surface area (Å²) in [6.07, 6.45) is -4.49. The largest absolute Gasteiger partial charge is 0.416 e. The minimum absolute atomic E-state index is 0.0824. The second kappa shape index (κ2) is 6.11. The van der Waals surface area contributed by atoms with Crippen LogP contribution < -0.4 is 5.73 Å². The molecule has 0 aliphatic carbocycles. The van der Waals surface area contributed by atoms with Gasteiger partial charge in [0.1, 0.15) is 0 Å².